The lowest BCUT2D eigenvalue weighted by Crippen LogP contribution is -2.18. The van der Waals surface area contributed by atoms with Crippen molar-refractivity contribution in [3.8, 4) is 0 Å². The summed E-state index contributed by atoms with van der Waals surface area (Å²) >= 11 is 0. The largest absolute Gasteiger partial charge is 0.303 e. The minimum Gasteiger partial charge on any atom is -0.303 e. The fourth-order valence-electron chi connectivity index (χ4n) is 1.43. The maximum Gasteiger partial charge on any atom is 0.150 e. The molecule has 0 amide bonds. The normalized spacial score (nSPS) is 35.4. The van der Waals surface area contributed by atoms with E-state index in [4.69, 9.17) is 0 Å². The minimum atomic E-state index is -2.86. The van der Waals surface area contributed by atoms with E-state index in [2.05, 4.69) is 0 Å². The van der Waals surface area contributed by atoms with Crippen LogP contribution in [0.1, 0.15) is 26.2 Å². The van der Waals surface area contributed by atoms with Gasteiger partial charge in [0.1, 0.15) is 16.1 Å². The molecule has 1 aliphatic rings. The Morgan fingerprint density at radius 1 is 1.25 bits per heavy atom. The van der Waals surface area contributed by atoms with Gasteiger partial charge in [-0.1, -0.05) is 6.92 Å². The maximum atomic E-state index is 11.2. The van der Waals surface area contributed by atoms with E-state index >= 15 is 0 Å². The number of hydrogen-bond donors (Lipinski definition) is 0. The van der Waals surface area contributed by atoms with Crippen LogP contribution in [0.25, 0.3) is 0 Å². The van der Waals surface area contributed by atoms with E-state index in [1.54, 1.807) is 0 Å². The predicted molar refractivity (Wildman–Crippen MR) is 46.7 cm³/mol. The molecular formula is C8H14O3S. The number of rotatable bonds is 1. The fraction of sp³-hybridized carbons (Fsp3) is 0.875. The van der Waals surface area contributed by atoms with Gasteiger partial charge in [0.2, 0.25) is 0 Å². The van der Waals surface area contributed by atoms with Crippen LogP contribution >= 0.6 is 0 Å². The summed E-state index contributed by atoms with van der Waals surface area (Å²) in [6.45, 7) is 1.83. The number of carbonyl (C=O) groups excluding carboxylic acids is 1. The Labute approximate surface area is 73.1 Å². The molecule has 1 heterocycles. The molecule has 1 aliphatic heterocycles. The van der Waals surface area contributed by atoms with Gasteiger partial charge >= 0.3 is 0 Å². The van der Waals surface area contributed by atoms with Crippen molar-refractivity contribution in [1.82, 2.24) is 0 Å². The predicted octanol–water partition coefficient (Wildman–Crippen LogP) is 0.790. The van der Waals surface area contributed by atoms with Gasteiger partial charge in [-0.3, -0.25) is 0 Å². The quantitative estimate of drug-likeness (QED) is 0.574. The van der Waals surface area contributed by atoms with Gasteiger partial charge in [0, 0.05) is 5.41 Å². The molecule has 0 saturated carbocycles. The highest BCUT2D eigenvalue weighted by Crippen LogP contribution is 2.29. The first-order valence-electron chi connectivity index (χ1n) is 4.14. The first-order valence-corrected chi connectivity index (χ1v) is 5.96. The van der Waals surface area contributed by atoms with Gasteiger partial charge < -0.3 is 4.79 Å². The Kier molecular flexibility index (Phi) is 2.56. The first kappa shape index (κ1) is 9.71. The Balaban J connectivity index is 2.74. The third kappa shape index (κ3) is 2.30. The van der Waals surface area contributed by atoms with Gasteiger partial charge in [-0.2, -0.15) is 0 Å². The molecule has 1 rings (SSSR count). The van der Waals surface area contributed by atoms with Crippen molar-refractivity contribution in [3.05, 3.63) is 0 Å². The standard InChI is InChI=1S/C8H14O3S/c1-8(7-9)3-2-5-12(10,11)6-4-8/h7H,2-6H2,1H3. The first-order chi connectivity index (χ1) is 5.47. The number of carbonyl (C=O) groups is 1. The second-order valence-corrected chi connectivity index (χ2v) is 6.08. The van der Waals surface area contributed by atoms with Crippen LogP contribution in [0.4, 0.5) is 0 Å². The van der Waals surface area contributed by atoms with Crippen molar-refractivity contribution in [2.45, 2.75) is 26.2 Å². The lowest BCUT2D eigenvalue weighted by molar-refractivity contribution is -0.115. The van der Waals surface area contributed by atoms with Gasteiger partial charge in [-0.25, -0.2) is 8.42 Å². The van der Waals surface area contributed by atoms with Crippen molar-refractivity contribution < 1.29 is 13.2 Å². The molecule has 0 aromatic carbocycles. The van der Waals surface area contributed by atoms with Crippen LogP contribution in [0, 0.1) is 5.41 Å². The summed E-state index contributed by atoms with van der Waals surface area (Å²) in [5.74, 6) is 0.415. The highest BCUT2D eigenvalue weighted by atomic mass is 32.2. The third-order valence-electron chi connectivity index (χ3n) is 2.47. The van der Waals surface area contributed by atoms with E-state index in [0.29, 0.717) is 19.3 Å². The van der Waals surface area contributed by atoms with Crippen LogP contribution in [0.3, 0.4) is 0 Å². The number of hydrogen-bond acceptors (Lipinski definition) is 3. The van der Waals surface area contributed by atoms with Gasteiger partial charge in [0.05, 0.1) is 11.5 Å². The fourth-order valence-corrected chi connectivity index (χ4v) is 3.00. The van der Waals surface area contributed by atoms with Crippen LogP contribution < -0.4 is 0 Å². The zero-order valence-corrected chi connectivity index (χ0v) is 8.06. The Morgan fingerprint density at radius 2 is 1.92 bits per heavy atom. The van der Waals surface area contributed by atoms with Crippen molar-refractivity contribution in [2.24, 2.45) is 5.41 Å². The second kappa shape index (κ2) is 3.17. The smallest absolute Gasteiger partial charge is 0.150 e. The molecule has 4 heteroatoms. The topological polar surface area (TPSA) is 51.2 Å². The molecule has 0 spiro atoms. The van der Waals surface area contributed by atoms with Crippen molar-refractivity contribution in [3.63, 3.8) is 0 Å². The molecule has 1 atom stereocenters. The zero-order chi connectivity index (χ0) is 9.24. The highest BCUT2D eigenvalue weighted by Gasteiger charge is 2.29. The van der Waals surface area contributed by atoms with Crippen LogP contribution in [-0.4, -0.2) is 26.2 Å². The van der Waals surface area contributed by atoms with E-state index in [9.17, 15) is 13.2 Å². The summed E-state index contributed by atoms with van der Waals surface area (Å²) in [6.07, 6.45) is 2.71. The average Bonchev–Trinajstić information content (AvgIpc) is 2.13. The lowest BCUT2D eigenvalue weighted by atomic mass is 9.85. The second-order valence-electron chi connectivity index (χ2n) is 3.78. The highest BCUT2D eigenvalue weighted by molar-refractivity contribution is 7.91. The van der Waals surface area contributed by atoms with Gasteiger partial charge in [0.25, 0.3) is 0 Å². The van der Waals surface area contributed by atoms with Crippen molar-refractivity contribution >= 4 is 16.1 Å². The van der Waals surface area contributed by atoms with Gasteiger partial charge in [-0.15, -0.1) is 0 Å². The Hall–Kier alpha value is -0.380. The summed E-state index contributed by atoms with van der Waals surface area (Å²) in [4.78, 5) is 10.7. The van der Waals surface area contributed by atoms with Crippen molar-refractivity contribution in [1.29, 1.82) is 0 Å². The molecule has 0 radical (unpaired) electrons. The maximum absolute atomic E-state index is 11.2. The lowest BCUT2D eigenvalue weighted by Gasteiger charge is -2.18. The Morgan fingerprint density at radius 3 is 2.50 bits per heavy atom. The molecule has 1 saturated heterocycles. The molecule has 12 heavy (non-hydrogen) atoms. The summed E-state index contributed by atoms with van der Waals surface area (Å²) in [5, 5.41) is 0. The molecule has 1 fully saturated rings. The van der Waals surface area contributed by atoms with Crippen molar-refractivity contribution in [2.75, 3.05) is 11.5 Å². The van der Waals surface area contributed by atoms with Crippen LogP contribution in [0.15, 0.2) is 0 Å². The molecule has 0 N–H and O–H groups in total. The van der Waals surface area contributed by atoms with E-state index < -0.39 is 15.3 Å². The number of sulfone groups is 1. The molecule has 0 aromatic heterocycles. The molecule has 1 unspecified atom stereocenters. The summed E-state index contributed by atoms with van der Waals surface area (Å²) < 4.78 is 22.3. The summed E-state index contributed by atoms with van der Waals surface area (Å²) in [6, 6.07) is 0. The van der Waals surface area contributed by atoms with E-state index in [1.807, 2.05) is 6.92 Å². The van der Waals surface area contributed by atoms with E-state index in [0.717, 1.165) is 6.29 Å². The molecule has 3 nitrogen and oxygen atoms in total. The van der Waals surface area contributed by atoms with Gasteiger partial charge in [0.15, 0.2) is 0 Å². The van der Waals surface area contributed by atoms with Gasteiger partial charge in [-0.05, 0) is 19.3 Å². The van der Waals surface area contributed by atoms with Crippen LogP contribution in [-0.2, 0) is 14.6 Å². The average molecular weight is 190 g/mol. The minimum absolute atomic E-state index is 0.169. The molecule has 0 aliphatic carbocycles. The third-order valence-corrected chi connectivity index (χ3v) is 4.21. The monoisotopic (exact) mass is 190 g/mol. The Bertz CT molecular complexity index is 268. The van der Waals surface area contributed by atoms with Crippen LogP contribution in [0.5, 0.6) is 0 Å². The zero-order valence-electron chi connectivity index (χ0n) is 7.25. The molecule has 70 valence electrons. The SMILES string of the molecule is CC1(C=O)CCCS(=O)(=O)CC1. The summed E-state index contributed by atoms with van der Waals surface area (Å²) in [7, 11) is -2.86. The summed E-state index contributed by atoms with van der Waals surface area (Å²) in [5.41, 5.74) is -0.399. The molecular weight excluding hydrogens is 176 g/mol. The van der Waals surface area contributed by atoms with E-state index in [1.165, 1.54) is 0 Å². The molecule has 0 aromatic rings. The molecule has 0 bridgehead atoms. The number of aldehydes is 1. The van der Waals surface area contributed by atoms with Crippen LogP contribution in [0.2, 0.25) is 0 Å². The van der Waals surface area contributed by atoms with E-state index in [-0.39, 0.29) is 11.5 Å².